The molecule has 1 aliphatic rings. The summed E-state index contributed by atoms with van der Waals surface area (Å²) < 4.78 is 5.02. The highest BCUT2D eigenvalue weighted by Gasteiger charge is 2.40. The highest BCUT2D eigenvalue weighted by atomic mass is 32.1. The summed E-state index contributed by atoms with van der Waals surface area (Å²) in [6.07, 6.45) is 0. The van der Waals surface area contributed by atoms with Crippen LogP contribution in [0.1, 0.15) is 25.1 Å². The molecule has 1 aliphatic carbocycles. The Labute approximate surface area is 241 Å². The summed E-state index contributed by atoms with van der Waals surface area (Å²) in [6, 6.07) is 41.2. The summed E-state index contributed by atoms with van der Waals surface area (Å²) in [7, 11) is 0. The van der Waals surface area contributed by atoms with Gasteiger partial charge in [0, 0.05) is 47.5 Å². The first-order valence-corrected chi connectivity index (χ1v) is 14.8. The van der Waals surface area contributed by atoms with E-state index in [1.807, 2.05) is 17.4 Å². The van der Waals surface area contributed by atoms with Crippen LogP contribution >= 0.6 is 11.3 Å². The molecule has 0 fully saturated rings. The molecule has 3 aromatic heterocycles. The maximum absolute atomic E-state index is 5.41. The monoisotopic (exact) mass is 543 g/mol. The number of fused-ring (bicyclic) bond motifs is 10. The molecule has 3 nitrogen and oxygen atoms in total. The van der Waals surface area contributed by atoms with Gasteiger partial charge in [-0.3, -0.25) is 4.57 Å². The minimum atomic E-state index is -0.247. The van der Waals surface area contributed by atoms with Crippen LogP contribution in [0.3, 0.4) is 0 Å². The number of benzene rings is 5. The van der Waals surface area contributed by atoms with Crippen LogP contribution in [0.15, 0.2) is 115 Å². The quantitative estimate of drug-likeness (QED) is 0.217. The fourth-order valence-electron chi connectivity index (χ4n) is 6.90. The van der Waals surface area contributed by atoms with Crippen LogP contribution in [0.25, 0.3) is 70.3 Å². The number of rotatable bonds is 2. The van der Waals surface area contributed by atoms with Crippen molar-refractivity contribution in [2.75, 3.05) is 0 Å². The Hall–Kier alpha value is -4.80. The van der Waals surface area contributed by atoms with E-state index in [4.69, 9.17) is 9.97 Å². The predicted octanol–water partition coefficient (Wildman–Crippen LogP) is 9.91. The molecule has 0 unspecified atom stereocenters. The lowest BCUT2D eigenvalue weighted by molar-refractivity contribution is 0.635. The minimum absolute atomic E-state index is 0.247. The Morgan fingerprint density at radius 1 is 0.610 bits per heavy atom. The second-order valence-corrected chi connectivity index (χ2v) is 12.5. The van der Waals surface area contributed by atoms with Crippen molar-refractivity contribution < 1.29 is 0 Å². The van der Waals surface area contributed by atoms with E-state index in [0.29, 0.717) is 0 Å². The van der Waals surface area contributed by atoms with E-state index in [1.54, 1.807) is 0 Å². The Morgan fingerprint density at radius 3 is 2.22 bits per heavy atom. The molecule has 0 N–H and O–H groups in total. The first kappa shape index (κ1) is 23.0. The molecule has 0 radical (unpaired) electrons. The van der Waals surface area contributed by atoms with Crippen molar-refractivity contribution in [1.82, 2.24) is 14.5 Å². The first-order valence-electron chi connectivity index (χ1n) is 14.0. The number of thiophene rings is 1. The van der Waals surface area contributed by atoms with Gasteiger partial charge in [0.05, 0.1) is 16.7 Å². The van der Waals surface area contributed by atoms with E-state index in [9.17, 15) is 0 Å². The van der Waals surface area contributed by atoms with Crippen molar-refractivity contribution in [3.05, 3.63) is 127 Å². The van der Waals surface area contributed by atoms with Gasteiger partial charge in [-0.2, -0.15) is 0 Å². The predicted molar refractivity (Wildman–Crippen MR) is 172 cm³/mol. The molecule has 0 saturated carbocycles. The molecule has 0 bridgehead atoms. The maximum Gasteiger partial charge on any atom is 0.161 e. The van der Waals surface area contributed by atoms with Gasteiger partial charge >= 0.3 is 0 Å². The molecule has 0 atom stereocenters. The number of hydrogen-bond acceptors (Lipinski definition) is 3. The van der Waals surface area contributed by atoms with E-state index < -0.39 is 0 Å². The van der Waals surface area contributed by atoms with Crippen molar-refractivity contribution in [3.8, 4) is 28.3 Å². The second-order valence-electron chi connectivity index (χ2n) is 11.4. The zero-order valence-electron chi connectivity index (χ0n) is 22.7. The fourth-order valence-corrected chi connectivity index (χ4v) is 8.02. The van der Waals surface area contributed by atoms with Crippen molar-refractivity contribution in [2.24, 2.45) is 0 Å². The van der Waals surface area contributed by atoms with Crippen LogP contribution in [0.5, 0.6) is 0 Å². The maximum atomic E-state index is 5.41. The topological polar surface area (TPSA) is 30.7 Å². The van der Waals surface area contributed by atoms with Gasteiger partial charge < -0.3 is 0 Å². The Balaban J connectivity index is 1.49. The van der Waals surface area contributed by atoms with Crippen LogP contribution in [-0.4, -0.2) is 14.5 Å². The largest absolute Gasteiger partial charge is 0.293 e. The fraction of sp³-hybridized carbons (Fsp3) is 0.0811. The molecule has 0 saturated heterocycles. The first-order chi connectivity index (χ1) is 20.1. The van der Waals surface area contributed by atoms with Crippen molar-refractivity contribution in [3.63, 3.8) is 0 Å². The Morgan fingerprint density at radius 2 is 1.34 bits per heavy atom. The van der Waals surface area contributed by atoms with Gasteiger partial charge in [0.2, 0.25) is 0 Å². The third-order valence-corrected chi connectivity index (χ3v) is 9.91. The molecular weight excluding hydrogens is 518 g/mol. The van der Waals surface area contributed by atoms with Crippen LogP contribution < -0.4 is 0 Å². The van der Waals surface area contributed by atoms with E-state index in [1.165, 1.54) is 47.6 Å². The summed E-state index contributed by atoms with van der Waals surface area (Å²) in [6.45, 7) is 4.58. The molecule has 9 rings (SSSR count). The molecule has 5 aromatic carbocycles. The Bertz CT molecular complexity index is 2340. The van der Waals surface area contributed by atoms with Crippen LogP contribution in [0.2, 0.25) is 0 Å². The summed E-state index contributed by atoms with van der Waals surface area (Å²) in [4.78, 5) is 10.7. The van der Waals surface area contributed by atoms with E-state index in [2.05, 4.69) is 128 Å². The van der Waals surface area contributed by atoms with E-state index >= 15 is 0 Å². The number of para-hydroxylation sites is 1. The lowest BCUT2D eigenvalue weighted by Gasteiger charge is -2.21. The summed E-state index contributed by atoms with van der Waals surface area (Å²) in [5.41, 5.74) is 7.83. The van der Waals surface area contributed by atoms with Gasteiger partial charge in [0.1, 0.15) is 5.82 Å². The summed E-state index contributed by atoms with van der Waals surface area (Å²) >= 11 is 1.87. The molecule has 4 heteroatoms. The van der Waals surface area contributed by atoms with Gasteiger partial charge in [-0.05, 0) is 35.4 Å². The van der Waals surface area contributed by atoms with Crippen molar-refractivity contribution in [2.45, 2.75) is 19.3 Å². The molecule has 194 valence electrons. The smallest absolute Gasteiger partial charge is 0.161 e. The van der Waals surface area contributed by atoms with Gasteiger partial charge in [-0.1, -0.05) is 105 Å². The normalized spacial score (nSPS) is 13.8. The molecule has 41 heavy (non-hydrogen) atoms. The standard InChI is InChI=1S/C37H25N3S/c1-37(2)26-17-9-6-14-23(26)33-34(37)38-35(22-12-4-3-5-13-22)39-36(33)40-27-18-10-7-15-24(27)31-28(40)20-21-30-32(31)25-16-8-11-19-29(25)41-30/h3-21H,1-2H3. The van der Waals surface area contributed by atoms with Crippen molar-refractivity contribution in [1.29, 1.82) is 0 Å². The summed E-state index contributed by atoms with van der Waals surface area (Å²) in [5.74, 6) is 1.70. The van der Waals surface area contributed by atoms with Gasteiger partial charge in [0.15, 0.2) is 5.82 Å². The average molecular weight is 544 g/mol. The summed E-state index contributed by atoms with van der Waals surface area (Å²) in [5, 5.41) is 5.17. The van der Waals surface area contributed by atoms with Gasteiger partial charge in [-0.15, -0.1) is 11.3 Å². The molecule has 3 heterocycles. The van der Waals surface area contributed by atoms with E-state index in [0.717, 1.165) is 34.0 Å². The Kier molecular flexibility index (Phi) is 4.55. The van der Waals surface area contributed by atoms with Gasteiger partial charge in [0.25, 0.3) is 0 Å². The van der Waals surface area contributed by atoms with Gasteiger partial charge in [-0.25, -0.2) is 9.97 Å². The zero-order chi connectivity index (χ0) is 27.3. The second kappa shape index (κ2) is 8.12. The van der Waals surface area contributed by atoms with Crippen molar-refractivity contribution >= 4 is 53.3 Å². The molecular formula is C37H25N3S. The zero-order valence-corrected chi connectivity index (χ0v) is 23.5. The molecule has 8 aromatic rings. The SMILES string of the molecule is CC1(C)c2ccccc2-c2c(-n3c4ccccc4c4c5c(ccc43)sc3ccccc35)nc(-c3ccccc3)nc21. The average Bonchev–Trinajstić information content (AvgIpc) is 3.63. The number of aromatic nitrogens is 3. The van der Waals surface area contributed by atoms with E-state index in [-0.39, 0.29) is 5.41 Å². The number of nitrogens with zero attached hydrogens (tertiary/aromatic N) is 3. The van der Waals surface area contributed by atoms with Crippen LogP contribution in [0.4, 0.5) is 0 Å². The number of hydrogen-bond donors (Lipinski definition) is 0. The minimum Gasteiger partial charge on any atom is -0.293 e. The lowest BCUT2D eigenvalue weighted by atomic mass is 9.85. The molecule has 0 amide bonds. The third kappa shape index (κ3) is 3.03. The highest BCUT2D eigenvalue weighted by molar-refractivity contribution is 7.26. The molecule has 0 spiro atoms. The third-order valence-electron chi connectivity index (χ3n) is 8.77. The van der Waals surface area contributed by atoms with Crippen LogP contribution in [0, 0.1) is 0 Å². The molecule has 0 aliphatic heterocycles. The highest BCUT2D eigenvalue weighted by Crippen LogP contribution is 2.51. The lowest BCUT2D eigenvalue weighted by Crippen LogP contribution is -2.18. The van der Waals surface area contributed by atoms with Crippen LogP contribution in [-0.2, 0) is 5.41 Å².